The maximum atomic E-state index is 4.01. The van der Waals surface area contributed by atoms with E-state index in [0.29, 0.717) is 0 Å². The fourth-order valence-corrected chi connectivity index (χ4v) is 1.30. The van der Waals surface area contributed by atoms with Gasteiger partial charge in [-0.05, 0) is 44.4 Å². The van der Waals surface area contributed by atoms with Gasteiger partial charge in [-0.3, -0.25) is 0 Å². The summed E-state index contributed by atoms with van der Waals surface area (Å²) in [4.78, 5) is 0. The third kappa shape index (κ3) is 9.57. The molecule has 0 aliphatic carbocycles. The summed E-state index contributed by atoms with van der Waals surface area (Å²) in [6, 6.07) is 0. The van der Waals surface area contributed by atoms with Crippen molar-refractivity contribution in [2.75, 3.05) is 0 Å². The third-order valence-corrected chi connectivity index (χ3v) is 2.43. The lowest BCUT2D eigenvalue weighted by Gasteiger charge is -2.00. The number of unbranched alkanes of at least 4 members (excludes halogenated alkanes) is 2. The van der Waals surface area contributed by atoms with Crippen LogP contribution >= 0.6 is 0 Å². The van der Waals surface area contributed by atoms with Crippen molar-refractivity contribution in [3.8, 4) is 0 Å². The molecule has 0 saturated heterocycles. The summed E-state index contributed by atoms with van der Waals surface area (Å²) in [5, 5.41) is 0. The molecule has 0 heteroatoms. The standard InChI is InChI=1S/C14H26/c1-5-14(4)12-10-8-6-7-9-11-13(2)3/h7,9,13H,4-6,8,10-12H2,1-3H3. The molecule has 0 aromatic rings. The van der Waals surface area contributed by atoms with Gasteiger partial charge in [0.1, 0.15) is 0 Å². The number of hydrogen-bond acceptors (Lipinski definition) is 0. The molecule has 82 valence electrons. The summed E-state index contributed by atoms with van der Waals surface area (Å²) < 4.78 is 0. The van der Waals surface area contributed by atoms with Crippen LogP contribution in [0.4, 0.5) is 0 Å². The molecule has 0 saturated carbocycles. The molecule has 0 N–H and O–H groups in total. The first-order valence-corrected chi connectivity index (χ1v) is 5.98. The van der Waals surface area contributed by atoms with Crippen molar-refractivity contribution in [3.05, 3.63) is 24.3 Å². The molecule has 0 aromatic carbocycles. The molecule has 14 heavy (non-hydrogen) atoms. The second kappa shape index (κ2) is 9.05. The van der Waals surface area contributed by atoms with Gasteiger partial charge in [0, 0.05) is 0 Å². The van der Waals surface area contributed by atoms with Crippen molar-refractivity contribution in [2.24, 2.45) is 5.92 Å². The first-order valence-electron chi connectivity index (χ1n) is 5.98. The minimum Gasteiger partial charge on any atom is -0.0999 e. The molecule has 0 aliphatic rings. The Hall–Kier alpha value is -0.520. The van der Waals surface area contributed by atoms with E-state index in [1.165, 1.54) is 37.7 Å². The van der Waals surface area contributed by atoms with Crippen LogP contribution in [0.5, 0.6) is 0 Å². The SMILES string of the molecule is C=C(CC)CCCCC=CCC(C)C. The predicted octanol–water partition coefficient (Wildman–Crippen LogP) is 5.12. The van der Waals surface area contributed by atoms with Gasteiger partial charge in [-0.15, -0.1) is 0 Å². The summed E-state index contributed by atoms with van der Waals surface area (Å²) in [5.41, 5.74) is 1.40. The van der Waals surface area contributed by atoms with Gasteiger partial charge < -0.3 is 0 Å². The lowest BCUT2D eigenvalue weighted by Crippen LogP contribution is -1.82. The fourth-order valence-electron chi connectivity index (χ4n) is 1.30. The van der Waals surface area contributed by atoms with E-state index in [2.05, 4.69) is 39.5 Å². The van der Waals surface area contributed by atoms with E-state index in [-0.39, 0.29) is 0 Å². The zero-order chi connectivity index (χ0) is 10.8. The van der Waals surface area contributed by atoms with E-state index in [9.17, 15) is 0 Å². The van der Waals surface area contributed by atoms with Crippen LogP contribution in [0, 0.1) is 5.92 Å². The zero-order valence-corrected chi connectivity index (χ0v) is 10.2. The molecule has 0 aliphatic heterocycles. The average Bonchev–Trinajstić information content (AvgIpc) is 2.15. The van der Waals surface area contributed by atoms with E-state index >= 15 is 0 Å². The van der Waals surface area contributed by atoms with Gasteiger partial charge in [0.05, 0.1) is 0 Å². The highest BCUT2D eigenvalue weighted by Crippen LogP contribution is 2.10. The van der Waals surface area contributed by atoms with Gasteiger partial charge in [-0.2, -0.15) is 0 Å². The summed E-state index contributed by atoms with van der Waals surface area (Å²) in [5.74, 6) is 0.797. The molecule has 0 fully saturated rings. The Morgan fingerprint density at radius 2 is 1.93 bits per heavy atom. The molecule has 0 radical (unpaired) electrons. The van der Waals surface area contributed by atoms with E-state index in [4.69, 9.17) is 0 Å². The molecule has 0 amide bonds. The molecular formula is C14H26. The van der Waals surface area contributed by atoms with E-state index in [1.807, 2.05) is 0 Å². The first kappa shape index (κ1) is 13.5. The van der Waals surface area contributed by atoms with Crippen LogP contribution in [0.2, 0.25) is 0 Å². The zero-order valence-electron chi connectivity index (χ0n) is 10.2. The highest BCUT2D eigenvalue weighted by molar-refractivity contribution is 4.92. The molecular weight excluding hydrogens is 168 g/mol. The van der Waals surface area contributed by atoms with Crippen molar-refractivity contribution >= 4 is 0 Å². The number of hydrogen-bond donors (Lipinski definition) is 0. The van der Waals surface area contributed by atoms with Gasteiger partial charge in [-0.1, -0.05) is 45.1 Å². The van der Waals surface area contributed by atoms with E-state index in [1.54, 1.807) is 0 Å². The van der Waals surface area contributed by atoms with Gasteiger partial charge in [0.2, 0.25) is 0 Å². The van der Waals surface area contributed by atoms with Crippen molar-refractivity contribution in [3.63, 3.8) is 0 Å². The molecule has 0 unspecified atom stereocenters. The summed E-state index contributed by atoms with van der Waals surface area (Å²) in [6.45, 7) is 10.7. The van der Waals surface area contributed by atoms with Crippen LogP contribution < -0.4 is 0 Å². The fraction of sp³-hybridized carbons (Fsp3) is 0.714. The highest BCUT2D eigenvalue weighted by Gasteiger charge is 1.91. The van der Waals surface area contributed by atoms with E-state index < -0.39 is 0 Å². The minimum absolute atomic E-state index is 0.797. The van der Waals surface area contributed by atoms with Gasteiger partial charge >= 0.3 is 0 Å². The normalized spacial score (nSPS) is 11.4. The average molecular weight is 194 g/mol. The molecule has 0 rings (SSSR count). The second-order valence-electron chi connectivity index (χ2n) is 4.45. The Bertz CT molecular complexity index is 163. The Kier molecular flexibility index (Phi) is 8.72. The van der Waals surface area contributed by atoms with Crippen molar-refractivity contribution in [1.29, 1.82) is 0 Å². The molecule has 0 spiro atoms. The maximum absolute atomic E-state index is 4.01. The van der Waals surface area contributed by atoms with Crippen molar-refractivity contribution < 1.29 is 0 Å². The number of rotatable bonds is 8. The Morgan fingerprint density at radius 3 is 2.50 bits per heavy atom. The van der Waals surface area contributed by atoms with Crippen LogP contribution in [0.1, 0.15) is 59.3 Å². The monoisotopic (exact) mass is 194 g/mol. The summed E-state index contributed by atoms with van der Waals surface area (Å²) in [7, 11) is 0. The van der Waals surface area contributed by atoms with Crippen LogP contribution in [-0.2, 0) is 0 Å². The molecule has 0 heterocycles. The summed E-state index contributed by atoms with van der Waals surface area (Å²) in [6.07, 6.45) is 12.1. The summed E-state index contributed by atoms with van der Waals surface area (Å²) >= 11 is 0. The third-order valence-electron chi connectivity index (χ3n) is 2.43. The van der Waals surface area contributed by atoms with Crippen LogP contribution in [0.15, 0.2) is 24.3 Å². The van der Waals surface area contributed by atoms with Gasteiger partial charge in [0.15, 0.2) is 0 Å². The lowest BCUT2D eigenvalue weighted by atomic mass is 10.1. The Labute approximate surface area is 90.1 Å². The topological polar surface area (TPSA) is 0 Å². The highest BCUT2D eigenvalue weighted by atomic mass is 14.0. The van der Waals surface area contributed by atoms with Crippen LogP contribution in [0.25, 0.3) is 0 Å². The molecule has 0 bridgehead atoms. The maximum Gasteiger partial charge on any atom is -0.0323 e. The second-order valence-corrected chi connectivity index (χ2v) is 4.45. The van der Waals surface area contributed by atoms with Gasteiger partial charge in [0.25, 0.3) is 0 Å². The Morgan fingerprint density at radius 1 is 1.21 bits per heavy atom. The Balaban J connectivity index is 3.21. The minimum atomic E-state index is 0.797. The van der Waals surface area contributed by atoms with E-state index in [0.717, 1.165) is 12.3 Å². The number of allylic oxidation sites excluding steroid dienone is 3. The van der Waals surface area contributed by atoms with Gasteiger partial charge in [-0.25, -0.2) is 0 Å². The van der Waals surface area contributed by atoms with Crippen molar-refractivity contribution in [2.45, 2.75) is 59.3 Å². The smallest absolute Gasteiger partial charge is 0.0323 e. The lowest BCUT2D eigenvalue weighted by molar-refractivity contribution is 0.660. The quantitative estimate of drug-likeness (QED) is 0.372. The van der Waals surface area contributed by atoms with Crippen LogP contribution in [-0.4, -0.2) is 0 Å². The van der Waals surface area contributed by atoms with Crippen molar-refractivity contribution in [1.82, 2.24) is 0 Å². The largest absolute Gasteiger partial charge is 0.0999 e. The molecule has 0 aromatic heterocycles. The molecule has 0 nitrogen and oxygen atoms in total. The predicted molar refractivity (Wildman–Crippen MR) is 66.5 cm³/mol. The van der Waals surface area contributed by atoms with Crippen LogP contribution in [0.3, 0.4) is 0 Å². The molecule has 0 atom stereocenters. The first-order chi connectivity index (χ1) is 6.66.